The van der Waals surface area contributed by atoms with Crippen LogP contribution in [0.15, 0.2) is 4.99 Å². The molecule has 0 aromatic rings. The molecule has 0 unspecified atom stereocenters. The Kier molecular flexibility index (Phi) is 7.46. The van der Waals surface area contributed by atoms with E-state index in [9.17, 15) is 4.79 Å². The van der Waals surface area contributed by atoms with E-state index in [1.807, 2.05) is 0 Å². The summed E-state index contributed by atoms with van der Waals surface area (Å²) in [6.07, 6.45) is 6.22. The molecule has 1 heterocycles. The first-order chi connectivity index (χ1) is 8.77. The van der Waals surface area contributed by atoms with Gasteiger partial charge in [0.05, 0.1) is 12.4 Å². The van der Waals surface area contributed by atoms with Crippen molar-refractivity contribution in [2.45, 2.75) is 52.4 Å². The average Bonchev–Trinajstić information content (AvgIpc) is 2.81. The lowest BCUT2D eigenvalue weighted by molar-refractivity contribution is -0.121. The quantitative estimate of drug-likeness (QED) is 0.684. The summed E-state index contributed by atoms with van der Waals surface area (Å²) in [5, 5.41) is 2.99. The first-order valence-electron chi connectivity index (χ1n) is 7.32. The molecule has 1 amide bonds. The number of carbonyl (C=O) groups is 1. The number of nitrogens with zero attached hydrogens (tertiary/aromatic N) is 2. The number of hydrogen-bond acceptors (Lipinski definition) is 3. The van der Waals surface area contributed by atoms with Gasteiger partial charge < -0.3 is 10.2 Å². The summed E-state index contributed by atoms with van der Waals surface area (Å²) in [4.78, 5) is 18.3. The lowest BCUT2D eigenvalue weighted by Crippen LogP contribution is -2.36. The molecule has 0 saturated carbocycles. The van der Waals surface area contributed by atoms with Crippen LogP contribution in [-0.2, 0) is 4.79 Å². The van der Waals surface area contributed by atoms with Crippen LogP contribution in [0, 0.1) is 0 Å². The lowest BCUT2D eigenvalue weighted by atomic mass is 10.2. The van der Waals surface area contributed by atoms with Gasteiger partial charge in [-0.1, -0.05) is 26.7 Å². The molecule has 0 aliphatic carbocycles. The van der Waals surface area contributed by atoms with Gasteiger partial charge in [0.1, 0.15) is 0 Å². The SMILES string of the molecule is CCCCC(=O)NCCN1CCN=C1CCCC. The molecule has 4 heteroatoms. The molecule has 0 spiro atoms. The van der Waals surface area contributed by atoms with E-state index < -0.39 is 0 Å². The fraction of sp³-hybridized carbons (Fsp3) is 0.857. The van der Waals surface area contributed by atoms with Crippen LogP contribution in [-0.4, -0.2) is 42.8 Å². The molecule has 0 aromatic heterocycles. The first kappa shape index (κ1) is 15.0. The van der Waals surface area contributed by atoms with Crippen molar-refractivity contribution in [3.8, 4) is 0 Å². The van der Waals surface area contributed by atoms with E-state index in [0.29, 0.717) is 6.42 Å². The van der Waals surface area contributed by atoms with Crippen LogP contribution in [0.1, 0.15) is 52.4 Å². The Bertz CT molecular complexity index is 276. The predicted molar refractivity (Wildman–Crippen MR) is 75.9 cm³/mol. The normalized spacial score (nSPS) is 14.8. The molecule has 18 heavy (non-hydrogen) atoms. The number of rotatable bonds is 9. The number of amides is 1. The number of aliphatic imine (C=N–C) groups is 1. The highest BCUT2D eigenvalue weighted by molar-refractivity contribution is 5.83. The number of amidine groups is 1. The van der Waals surface area contributed by atoms with Gasteiger partial charge in [-0.25, -0.2) is 0 Å². The third-order valence-electron chi connectivity index (χ3n) is 3.24. The second-order valence-corrected chi connectivity index (χ2v) is 4.84. The maximum absolute atomic E-state index is 11.5. The van der Waals surface area contributed by atoms with Gasteiger partial charge in [0.25, 0.3) is 0 Å². The Morgan fingerprint density at radius 2 is 2.11 bits per heavy atom. The summed E-state index contributed by atoms with van der Waals surface area (Å²) < 4.78 is 0. The van der Waals surface area contributed by atoms with Crippen molar-refractivity contribution in [2.75, 3.05) is 26.2 Å². The summed E-state index contributed by atoms with van der Waals surface area (Å²) in [6, 6.07) is 0. The smallest absolute Gasteiger partial charge is 0.220 e. The van der Waals surface area contributed by atoms with Crippen LogP contribution in [0.3, 0.4) is 0 Å². The maximum Gasteiger partial charge on any atom is 0.220 e. The van der Waals surface area contributed by atoms with Gasteiger partial charge in [-0.05, 0) is 12.8 Å². The Morgan fingerprint density at radius 1 is 1.33 bits per heavy atom. The van der Waals surface area contributed by atoms with Gasteiger partial charge in [0, 0.05) is 32.5 Å². The number of carbonyl (C=O) groups excluding carboxylic acids is 1. The summed E-state index contributed by atoms with van der Waals surface area (Å²) >= 11 is 0. The fourth-order valence-electron chi connectivity index (χ4n) is 2.10. The van der Waals surface area contributed by atoms with E-state index in [-0.39, 0.29) is 5.91 Å². The summed E-state index contributed by atoms with van der Waals surface area (Å²) in [6.45, 7) is 7.89. The van der Waals surface area contributed by atoms with E-state index in [0.717, 1.165) is 45.4 Å². The average molecular weight is 253 g/mol. The minimum Gasteiger partial charge on any atom is -0.357 e. The molecular formula is C14H27N3O. The third-order valence-corrected chi connectivity index (χ3v) is 3.24. The molecule has 0 fully saturated rings. The zero-order valence-electron chi connectivity index (χ0n) is 11.9. The Balaban J connectivity index is 2.15. The third kappa shape index (κ3) is 5.52. The molecule has 1 aliphatic heterocycles. The summed E-state index contributed by atoms with van der Waals surface area (Å²) in [5.41, 5.74) is 0. The van der Waals surface area contributed by atoms with E-state index in [4.69, 9.17) is 0 Å². The number of hydrogen-bond donors (Lipinski definition) is 1. The van der Waals surface area contributed by atoms with Crippen LogP contribution >= 0.6 is 0 Å². The second kappa shape index (κ2) is 8.95. The van der Waals surface area contributed by atoms with Gasteiger partial charge in [-0.15, -0.1) is 0 Å². The summed E-state index contributed by atoms with van der Waals surface area (Å²) in [5.74, 6) is 1.42. The maximum atomic E-state index is 11.5. The van der Waals surface area contributed by atoms with Crippen molar-refractivity contribution in [1.29, 1.82) is 0 Å². The predicted octanol–water partition coefficient (Wildman–Crippen LogP) is 2.20. The molecule has 0 radical (unpaired) electrons. The lowest BCUT2D eigenvalue weighted by Gasteiger charge is -2.20. The van der Waals surface area contributed by atoms with Crippen LogP contribution in [0.25, 0.3) is 0 Å². The number of nitrogens with one attached hydrogen (secondary N) is 1. The van der Waals surface area contributed by atoms with Gasteiger partial charge in [-0.3, -0.25) is 9.79 Å². The molecule has 0 bridgehead atoms. The van der Waals surface area contributed by atoms with Crippen molar-refractivity contribution in [1.82, 2.24) is 10.2 Å². The van der Waals surface area contributed by atoms with E-state index in [1.165, 1.54) is 18.7 Å². The van der Waals surface area contributed by atoms with E-state index in [1.54, 1.807) is 0 Å². The van der Waals surface area contributed by atoms with Crippen LogP contribution in [0.5, 0.6) is 0 Å². The first-order valence-corrected chi connectivity index (χ1v) is 7.32. The molecule has 0 saturated heterocycles. The van der Waals surface area contributed by atoms with Crippen molar-refractivity contribution in [3.63, 3.8) is 0 Å². The molecule has 1 rings (SSSR count). The largest absolute Gasteiger partial charge is 0.357 e. The van der Waals surface area contributed by atoms with E-state index in [2.05, 4.69) is 29.1 Å². The van der Waals surface area contributed by atoms with Crippen molar-refractivity contribution < 1.29 is 4.79 Å². The molecule has 0 aromatic carbocycles. The van der Waals surface area contributed by atoms with Crippen molar-refractivity contribution in [2.24, 2.45) is 4.99 Å². The van der Waals surface area contributed by atoms with Gasteiger partial charge >= 0.3 is 0 Å². The van der Waals surface area contributed by atoms with Gasteiger partial charge in [0.15, 0.2) is 0 Å². The van der Waals surface area contributed by atoms with Gasteiger partial charge in [-0.2, -0.15) is 0 Å². The molecule has 0 atom stereocenters. The van der Waals surface area contributed by atoms with Crippen molar-refractivity contribution >= 4 is 11.7 Å². The minimum atomic E-state index is 0.183. The highest BCUT2D eigenvalue weighted by Crippen LogP contribution is 2.07. The summed E-state index contributed by atoms with van der Waals surface area (Å²) in [7, 11) is 0. The molecule has 1 aliphatic rings. The van der Waals surface area contributed by atoms with E-state index >= 15 is 0 Å². The molecular weight excluding hydrogens is 226 g/mol. The minimum absolute atomic E-state index is 0.183. The second-order valence-electron chi connectivity index (χ2n) is 4.84. The Morgan fingerprint density at radius 3 is 2.83 bits per heavy atom. The van der Waals surface area contributed by atoms with Crippen molar-refractivity contribution in [3.05, 3.63) is 0 Å². The zero-order valence-corrected chi connectivity index (χ0v) is 11.9. The number of unbranched alkanes of at least 4 members (excludes halogenated alkanes) is 2. The Labute approximate surface area is 111 Å². The molecule has 104 valence electrons. The van der Waals surface area contributed by atoms with Gasteiger partial charge in [0.2, 0.25) is 5.91 Å². The Hall–Kier alpha value is -1.06. The van der Waals surface area contributed by atoms with Crippen LogP contribution in [0.2, 0.25) is 0 Å². The zero-order chi connectivity index (χ0) is 13.2. The van der Waals surface area contributed by atoms with Crippen LogP contribution in [0.4, 0.5) is 0 Å². The molecule has 4 nitrogen and oxygen atoms in total. The monoisotopic (exact) mass is 253 g/mol. The molecule has 1 N–H and O–H groups in total. The standard InChI is InChI=1S/C14H27N3O/c1-3-5-7-13-15-9-11-17(13)12-10-16-14(18)8-6-4-2/h3-12H2,1-2H3,(H,16,18). The topological polar surface area (TPSA) is 44.7 Å². The van der Waals surface area contributed by atoms with Crippen LogP contribution < -0.4 is 5.32 Å². The fourth-order valence-corrected chi connectivity index (χ4v) is 2.10. The highest BCUT2D eigenvalue weighted by atomic mass is 16.1. The highest BCUT2D eigenvalue weighted by Gasteiger charge is 2.15.